The predicted octanol–water partition coefficient (Wildman–Crippen LogP) is 4.03. The number of benzene rings is 2. The van der Waals surface area contributed by atoms with Gasteiger partial charge in [0, 0.05) is 17.3 Å². The first-order chi connectivity index (χ1) is 12.7. The number of anilines is 1. The molecule has 0 unspecified atom stereocenters. The number of nitrogens with one attached hydrogen (secondary N) is 1. The molecule has 0 aliphatic heterocycles. The molecule has 6 heteroatoms. The lowest BCUT2D eigenvalue weighted by Crippen LogP contribution is -2.12. The minimum atomic E-state index is -0.277. The van der Waals surface area contributed by atoms with Gasteiger partial charge in [-0.15, -0.1) is 0 Å². The van der Waals surface area contributed by atoms with E-state index in [9.17, 15) is 4.79 Å². The van der Waals surface area contributed by atoms with Gasteiger partial charge >= 0.3 is 0 Å². The molecule has 0 saturated heterocycles. The minimum Gasteiger partial charge on any atom is -0.493 e. The van der Waals surface area contributed by atoms with Gasteiger partial charge in [-0.05, 0) is 36.8 Å². The molecule has 136 valence electrons. The molecular formula is C20H22N2O4. The Hall–Kier alpha value is -3.20. The van der Waals surface area contributed by atoms with Crippen LogP contribution in [0.4, 0.5) is 5.69 Å². The molecular weight excluding hydrogens is 332 g/mol. The normalized spacial score (nSPS) is 9.88. The molecule has 0 aliphatic rings. The lowest BCUT2D eigenvalue weighted by Gasteiger charge is -2.12. The van der Waals surface area contributed by atoms with Crippen molar-refractivity contribution < 1.29 is 19.0 Å². The summed E-state index contributed by atoms with van der Waals surface area (Å²) in [6, 6.07) is 13.8. The Kier molecular flexibility index (Phi) is 7.31. The molecule has 1 N–H and O–H groups in total. The third kappa shape index (κ3) is 5.42. The summed E-state index contributed by atoms with van der Waals surface area (Å²) in [7, 11) is 1.54. The number of nitriles is 1. The van der Waals surface area contributed by atoms with E-state index in [1.807, 2.05) is 6.07 Å². The molecule has 0 atom stereocenters. The summed E-state index contributed by atoms with van der Waals surface area (Å²) < 4.78 is 16.2. The molecule has 0 aliphatic carbocycles. The quantitative estimate of drug-likeness (QED) is 0.688. The van der Waals surface area contributed by atoms with Crippen LogP contribution >= 0.6 is 0 Å². The average Bonchev–Trinajstić information content (AvgIpc) is 2.67. The molecule has 6 nitrogen and oxygen atoms in total. The Balaban J connectivity index is 2.08. The highest BCUT2D eigenvalue weighted by Gasteiger charge is 2.12. The van der Waals surface area contributed by atoms with Crippen LogP contribution in [0.25, 0.3) is 0 Å². The standard InChI is InChI=1S/C20H22N2O4/c1-3-4-11-26-18-9-8-15(13-19(18)24-2)20(23)22-16-6-5-7-17(14-16)25-12-10-21/h5-9,13-14H,3-4,11-12H2,1-2H3,(H,22,23). The van der Waals surface area contributed by atoms with Gasteiger partial charge in [-0.25, -0.2) is 0 Å². The average molecular weight is 354 g/mol. The molecule has 0 fully saturated rings. The van der Waals surface area contributed by atoms with Crippen LogP contribution in [0.3, 0.4) is 0 Å². The van der Waals surface area contributed by atoms with Crippen molar-refractivity contribution >= 4 is 11.6 Å². The highest BCUT2D eigenvalue weighted by molar-refractivity contribution is 6.04. The van der Waals surface area contributed by atoms with E-state index in [-0.39, 0.29) is 12.5 Å². The minimum absolute atomic E-state index is 0.0475. The molecule has 0 spiro atoms. The van der Waals surface area contributed by atoms with Crippen LogP contribution in [-0.4, -0.2) is 26.2 Å². The van der Waals surface area contributed by atoms with Crippen LogP contribution in [-0.2, 0) is 0 Å². The molecule has 0 radical (unpaired) electrons. The smallest absolute Gasteiger partial charge is 0.255 e. The molecule has 2 aromatic carbocycles. The van der Waals surface area contributed by atoms with E-state index < -0.39 is 0 Å². The van der Waals surface area contributed by atoms with E-state index >= 15 is 0 Å². The summed E-state index contributed by atoms with van der Waals surface area (Å²) in [4.78, 5) is 12.5. The molecule has 0 aromatic heterocycles. The summed E-state index contributed by atoms with van der Waals surface area (Å²) >= 11 is 0. The van der Waals surface area contributed by atoms with E-state index in [0.29, 0.717) is 35.1 Å². The van der Waals surface area contributed by atoms with Crippen LogP contribution in [0.1, 0.15) is 30.1 Å². The van der Waals surface area contributed by atoms with E-state index in [0.717, 1.165) is 12.8 Å². The van der Waals surface area contributed by atoms with Crippen LogP contribution in [0.15, 0.2) is 42.5 Å². The zero-order chi connectivity index (χ0) is 18.8. The molecule has 2 aromatic rings. The number of hydrogen-bond acceptors (Lipinski definition) is 5. The first-order valence-electron chi connectivity index (χ1n) is 8.40. The third-order valence-corrected chi connectivity index (χ3v) is 3.58. The summed E-state index contributed by atoms with van der Waals surface area (Å²) in [5.41, 5.74) is 1.03. The highest BCUT2D eigenvalue weighted by Crippen LogP contribution is 2.29. The van der Waals surface area contributed by atoms with Crippen LogP contribution in [0, 0.1) is 11.3 Å². The predicted molar refractivity (Wildman–Crippen MR) is 98.9 cm³/mol. The fourth-order valence-electron chi connectivity index (χ4n) is 2.24. The number of nitrogens with zero attached hydrogens (tertiary/aromatic N) is 1. The number of amides is 1. The molecule has 1 amide bonds. The molecule has 0 bridgehead atoms. The highest BCUT2D eigenvalue weighted by atomic mass is 16.5. The van der Waals surface area contributed by atoms with Crippen molar-refractivity contribution in [1.29, 1.82) is 5.26 Å². The lowest BCUT2D eigenvalue weighted by molar-refractivity contribution is 0.102. The van der Waals surface area contributed by atoms with Gasteiger partial charge in [0.1, 0.15) is 11.8 Å². The maximum absolute atomic E-state index is 12.5. The van der Waals surface area contributed by atoms with E-state index in [1.54, 1.807) is 49.6 Å². The number of carbonyl (C=O) groups is 1. The van der Waals surface area contributed by atoms with Crippen molar-refractivity contribution in [3.05, 3.63) is 48.0 Å². The van der Waals surface area contributed by atoms with E-state index in [2.05, 4.69) is 12.2 Å². The third-order valence-electron chi connectivity index (χ3n) is 3.58. The number of unbranched alkanes of at least 4 members (excludes halogenated alkanes) is 1. The maximum atomic E-state index is 12.5. The van der Waals surface area contributed by atoms with Gasteiger partial charge in [-0.2, -0.15) is 5.26 Å². The fraction of sp³-hybridized carbons (Fsp3) is 0.300. The second-order valence-electron chi connectivity index (χ2n) is 5.50. The zero-order valence-electron chi connectivity index (χ0n) is 15.0. The van der Waals surface area contributed by atoms with Gasteiger partial charge in [-0.3, -0.25) is 4.79 Å². The number of rotatable bonds is 9. The topological polar surface area (TPSA) is 80.6 Å². The maximum Gasteiger partial charge on any atom is 0.255 e. The Bertz CT molecular complexity index is 784. The van der Waals surface area contributed by atoms with Gasteiger partial charge in [0.25, 0.3) is 5.91 Å². The SMILES string of the molecule is CCCCOc1ccc(C(=O)Nc2cccc(OCC#N)c2)cc1OC. The van der Waals surface area contributed by atoms with E-state index in [4.69, 9.17) is 19.5 Å². The van der Waals surface area contributed by atoms with Gasteiger partial charge in [-0.1, -0.05) is 19.4 Å². The van der Waals surface area contributed by atoms with Crippen molar-refractivity contribution in [3.8, 4) is 23.3 Å². The number of hydrogen-bond donors (Lipinski definition) is 1. The molecule has 0 saturated carbocycles. The van der Waals surface area contributed by atoms with Gasteiger partial charge < -0.3 is 19.5 Å². The number of ether oxygens (including phenoxy) is 3. The van der Waals surface area contributed by atoms with Crippen LogP contribution in [0.5, 0.6) is 17.2 Å². The van der Waals surface area contributed by atoms with Crippen LogP contribution < -0.4 is 19.5 Å². The van der Waals surface area contributed by atoms with Gasteiger partial charge in [0.15, 0.2) is 18.1 Å². The van der Waals surface area contributed by atoms with Crippen molar-refractivity contribution in [2.24, 2.45) is 0 Å². The lowest BCUT2D eigenvalue weighted by atomic mass is 10.1. The Labute approximate surface area is 153 Å². The Morgan fingerprint density at radius 2 is 2.00 bits per heavy atom. The molecule has 0 heterocycles. The number of carbonyl (C=O) groups excluding carboxylic acids is 1. The first kappa shape index (κ1) is 19.1. The van der Waals surface area contributed by atoms with Crippen molar-refractivity contribution in [2.45, 2.75) is 19.8 Å². The van der Waals surface area contributed by atoms with Gasteiger partial charge in [0.05, 0.1) is 13.7 Å². The van der Waals surface area contributed by atoms with E-state index in [1.165, 1.54) is 0 Å². The summed E-state index contributed by atoms with van der Waals surface area (Å²) in [6.07, 6.45) is 2.00. The summed E-state index contributed by atoms with van der Waals surface area (Å²) in [5.74, 6) is 1.37. The van der Waals surface area contributed by atoms with Crippen LogP contribution in [0.2, 0.25) is 0 Å². The largest absolute Gasteiger partial charge is 0.493 e. The Morgan fingerprint density at radius 1 is 1.15 bits per heavy atom. The first-order valence-corrected chi connectivity index (χ1v) is 8.40. The summed E-state index contributed by atoms with van der Waals surface area (Å²) in [5, 5.41) is 11.4. The van der Waals surface area contributed by atoms with Gasteiger partial charge in [0.2, 0.25) is 0 Å². The van der Waals surface area contributed by atoms with Crippen molar-refractivity contribution in [1.82, 2.24) is 0 Å². The molecule has 26 heavy (non-hydrogen) atoms. The second-order valence-corrected chi connectivity index (χ2v) is 5.50. The zero-order valence-corrected chi connectivity index (χ0v) is 15.0. The Morgan fingerprint density at radius 3 is 2.73 bits per heavy atom. The van der Waals surface area contributed by atoms with Crippen molar-refractivity contribution in [2.75, 3.05) is 25.6 Å². The monoisotopic (exact) mass is 354 g/mol. The van der Waals surface area contributed by atoms with Crippen molar-refractivity contribution in [3.63, 3.8) is 0 Å². The second kappa shape index (κ2) is 9.94. The summed E-state index contributed by atoms with van der Waals surface area (Å²) in [6.45, 7) is 2.65. The molecule has 2 rings (SSSR count). The number of methoxy groups -OCH3 is 1. The fourth-order valence-corrected chi connectivity index (χ4v) is 2.24.